The molecule has 0 bridgehead atoms. The van der Waals surface area contributed by atoms with E-state index in [2.05, 4.69) is 10.3 Å². The summed E-state index contributed by atoms with van der Waals surface area (Å²) in [6.07, 6.45) is 3.43. The number of amides is 3. The van der Waals surface area contributed by atoms with Gasteiger partial charge in [0.25, 0.3) is 17.7 Å². The first-order chi connectivity index (χ1) is 17.9. The number of imidazole rings is 1. The molecule has 3 amide bonds. The van der Waals surface area contributed by atoms with Crippen LogP contribution in [0, 0.1) is 12.7 Å². The zero-order valence-electron chi connectivity index (χ0n) is 20.4. The van der Waals surface area contributed by atoms with Crippen LogP contribution < -0.4 is 5.32 Å². The zero-order chi connectivity index (χ0) is 26.1. The van der Waals surface area contributed by atoms with Crippen molar-refractivity contribution in [1.29, 1.82) is 0 Å². The van der Waals surface area contributed by atoms with Crippen molar-refractivity contribution in [2.45, 2.75) is 32.9 Å². The van der Waals surface area contributed by atoms with E-state index in [0.29, 0.717) is 28.8 Å². The number of fused-ring (bicyclic) bond motifs is 1. The maximum Gasteiger partial charge on any atom is 0.287 e. The summed E-state index contributed by atoms with van der Waals surface area (Å²) >= 11 is 0. The molecule has 0 radical (unpaired) electrons. The Balaban J connectivity index is 1.39. The fourth-order valence-electron chi connectivity index (χ4n) is 4.67. The Morgan fingerprint density at radius 3 is 2.49 bits per heavy atom. The summed E-state index contributed by atoms with van der Waals surface area (Å²) in [5, 5.41) is 2.87. The molecule has 1 aliphatic rings. The third-order valence-corrected chi connectivity index (χ3v) is 6.45. The Hall–Kier alpha value is -4.53. The summed E-state index contributed by atoms with van der Waals surface area (Å²) in [5.74, 6) is -1.71. The maximum atomic E-state index is 13.9. The van der Waals surface area contributed by atoms with Gasteiger partial charge in [0, 0.05) is 18.7 Å². The van der Waals surface area contributed by atoms with Crippen LogP contribution in [-0.4, -0.2) is 44.8 Å². The van der Waals surface area contributed by atoms with Gasteiger partial charge >= 0.3 is 0 Å². The number of aryl methyl sites for hydroxylation is 2. The number of carbonyl (C=O) groups excluding carboxylic acids is 3. The van der Waals surface area contributed by atoms with Gasteiger partial charge in [-0.2, -0.15) is 0 Å². The van der Waals surface area contributed by atoms with Crippen LogP contribution in [-0.2, 0) is 13.0 Å². The lowest BCUT2D eigenvalue weighted by Crippen LogP contribution is -2.46. The highest BCUT2D eigenvalue weighted by molar-refractivity contribution is 6.21. The molecule has 0 saturated carbocycles. The molecule has 2 aromatic heterocycles. The minimum atomic E-state index is -0.687. The number of rotatable bonds is 8. The molecule has 0 saturated heterocycles. The van der Waals surface area contributed by atoms with Gasteiger partial charge in [0.15, 0.2) is 5.76 Å². The normalized spacial score (nSPS) is 13.6. The smallest absolute Gasteiger partial charge is 0.287 e. The molecule has 5 rings (SSSR count). The molecular formula is C28H25FN4O4. The lowest BCUT2D eigenvalue weighted by molar-refractivity contribution is 0.0627. The van der Waals surface area contributed by atoms with E-state index in [1.165, 1.54) is 18.4 Å². The lowest BCUT2D eigenvalue weighted by atomic mass is 10.0. The monoisotopic (exact) mass is 500 g/mol. The average Bonchev–Trinajstić information content (AvgIpc) is 3.57. The van der Waals surface area contributed by atoms with E-state index in [-0.39, 0.29) is 18.7 Å². The first kappa shape index (κ1) is 24.2. The van der Waals surface area contributed by atoms with Crippen molar-refractivity contribution in [3.8, 4) is 11.3 Å². The largest absolute Gasteiger partial charge is 0.458 e. The molecule has 2 aromatic carbocycles. The quantitative estimate of drug-likeness (QED) is 0.365. The van der Waals surface area contributed by atoms with E-state index < -0.39 is 29.6 Å². The van der Waals surface area contributed by atoms with Crippen LogP contribution in [0.2, 0.25) is 0 Å². The second-order valence-electron chi connectivity index (χ2n) is 8.94. The fourth-order valence-corrected chi connectivity index (χ4v) is 4.67. The number of nitrogens with one attached hydrogen (secondary N) is 1. The third kappa shape index (κ3) is 4.67. The zero-order valence-corrected chi connectivity index (χ0v) is 20.4. The van der Waals surface area contributed by atoms with Gasteiger partial charge in [0.05, 0.1) is 34.9 Å². The molecular weight excluding hydrogens is 475 g/mol. The predicted molar refractivity (Wildman–Crippen MR) is 134 cm³/mol. The first-order valence-corrected chi connectivity index (χ1v) is 12.0. The van der Waals surface area contributed by atoms with Crippen molar-refractivity contribution < 1.29 is 23.2 Å². The van der Waals surface area contributed by atoms with Crippen molar-refractivity contribution in [1.82, 2.24) is 19.8 Å². The molecule has 0 fully saturated rings. The van der Waals surface area contributed by atoms with E-state index in [4.69, 9.17) is 4.42 Å². The van der Waals surface area contributed by atoms with Crippen LogP contribution in [0.4, 0.5) is 4.39 Å². The third-order valence-electron chi connectivity index (χ3n) is 6.45. The Kier molecular flexibility index (Phi) is 6.43. The van der Waals surface area contributed by atoms with Gasteiger partial charge < -0.3 is 14.3 Å². The number of aromatic nitrogens is 2. The van der Waals surface area contributed by atoms with Gasteiger partial charge in [-0.15, -0.1) is 0 Å². The Bertz CT molecular complexity index is 1470. The van der Waals surface area contributed by atoms with Crippen molar-refractivity contribution >= 4 is 17.7 Å². The van der Waals surface area contributed by atoms with Gasteiger partial charge in [-0.1, -0.05) is 24.3 Å². The van der Waals surface area contributed by atoms with Crippen molar-refractivity contribution in [3.63, 3.8) is 0 Å². The summed E-state index contributed by atoms with van der Waals surface area (Å²) in [7, 11) is 0. The molecule has 8 nitrogen and oxygen atoms in total. The van der Waals surface area contributed by atoms with Gasteiger partial charge in [-0.05, 0) is 56.2 Å². The molecule has 1 aliphatic heterocycles. The fraction of sp³-hybridized carbons (Fsp3) is 0.214. The average molecular weight is 501 g/mol. The van der Waals surface area contributed by atoms with Crippen LogP contribution >= 0.6 is 0 Å². The van der Waals surface area contributed by atoms with E-state index in [0.717, 1.165) is 16.3 Å². The van der Waals surface area contributed by atoms with Gasteiger partial charge in [-0.3, -0.25) is 19.3 Å². The number of carbonyl (C=O) groups is 3. The predicted octanol–water partition coefficient (Wildman–Crippen LogP) is 4.25. The Morgan fingerprint density at radius 1 is 1.08 bits per heavy atom. The van der Waals surface area contributed by atoms with Gasteiger partial charge in [0.2, 0.25) is 0 Å². The molecule has 1 N–H and O–H groups in total. The van der Waals surface area contributed by atoms with Crippen LogP contribution in [0.15, 0.2) is 71.6 Å². The second kappa shape index (κ2) is 9.85. The van der Waals surface area contributed by atoms with Gasteiger partial charge in [0.1, 0.15) is 12.1 Å². The standard InChI is InChI=1S/C28H25FN4O4/c1-3-32-16-30-17(2)25(32)19-13-24(37-15-19)26(34)31-21(12-18-7-6-8-20(29)11-18)14-33-27(35)22-9-4-5-10-23(22)28(33)36/h4-11,13,15-16,21H,3,12,14H2,1-2H3,(H,31,34)/t21-/m0/s1. The summed E-state index contributed by atoms with van der Waals surface area (Å²) < 4.78 is 21.4. The number of imide groups is 1. The molecule has 1 atom stereocenters. The van der Waals surface area contributed by atoms with Crippen LogP contribution in [0.5, 0.6) is 0 Å². The number of nitrogens with zero attached hydrogens (tertiary/aromatic N) is 3. The van der Waals surface area contributed by atoms with E-state index >= 15 is 0 Å². The van der Waals surface area contributed by atoms with E-state index in [1.807, 2.05) is 18.4 Å². The molecule has 0 unspecified atom stereocenters. The van der Waals surface area contributed by atoms with Crippen molar-refractivity contribution in [2.75, 3.05) is 6.54 Å². The second-order valence-corrected chi connectivity index (χ2v) is 8.94. The van der Waals surface area contributed by atoms with E-state index in [9.17, 15) is 18.8 Å². The molecule has 0 aliphatic carbocycles. The topological polar surface area (TPSA) is 97.4 Å². The first-order valence-electron chi connectivity index (χ1n) is 12.0. The molecule has 37 heavy (non-hydrogen) atoms. The van der Waals surface area contributed by atoms with Crippen LogP contribution in [0.1, 0.15) is 49.5 Å². The van der Waals surface area contributed by atoms with Crippen LogP contribution in [0.25, 0.3) is 11.3 Å². The lowest BCUT2D eigenvalue weighted by Gasteiger charge is -2.23. The van der Waals surface area contributed by atoms with Gasteiger partial charge in [-0.25, -0.2) is 9.37 Å². The summed E-state index contributed by atoms with van der Waals surface area (Å²) in [5.41, 5.74) is 3.63. The Labute approximate surface area is 212 Å². The number of halogens is 1. The number of furan rings is 1. The number of benzene rings is 2. The molecule has 188 valence electrons. The molecule has 3 heterocycles. The van der Waals surface area contributed by atoms with E-state index in [1.54, 1.807) is 48.8 Å². The summed E-state index contributed by atoms with van der Waals surface area (Å²) in [4.78, 5) is 44.5. The number of hydrogen-bond acceptors (Lipinski definition) is 5. The Morgan fingerprint density at radius 2 is 1.81 bits per heavy atom. The highest BCUT2D eigenvalue weighted by atomic mass is 19.1. The molecule has 0 spiro atoms. The molecule has 4 aromatic rings. The SMILES string of the molecule is CCn1cnc(C)c1-c1coc(C(=O)N[C@@H](Cc2cccc(F)c2)CN2C(=O)c3ccccc3C2=O)c1. The summed E-state index contributed by atoms with van der Waals surface area (Å²) in [6, 6.07) is 13.5. The highest BCUT2D eigenvalue weighted by Gasteiger charge is 2.37. The van der Waals surface area contributed by atoms with Crippen molar-refractivity contribution in [2.24, 2.45) is 0 Å². The minimum absolute atomic E-state index is 0.0739. The highest BCUT2D eigenvalue weighted by Crippen LogP contribution is 2.26. The maximum absolute atomic E-state index is 13.9. The minimum Gasteiger partial charge on any atom is -0.458 e. The van der Waals surface area contributed by atoms with Crippen molar-refractivity contribution in [3.05, 3.63) is 101 Å². The summed E-state index contributed by atoms with van der Waals surface area (Å²) in [6.45, 7) is 4.50. The van der Waals surface area contributed by atoms with Crippen LogP contribution in [0.3, 0.4) is 0 Å². The number of hydrogen-bond donors (Lipinski definition) is 1. The molecule has 9 heteroatoms.